The van der Waals surface area contributed by atoms with Crippen molar-refractivity contribution in [2.24, 2.45) is 0 Å². The van der Waals surface area contributed by atoms with E-state index in [4.69, 9.17) is 4.74 Å². The molecule has 0 aromatic heterocycles. The number of hydrogen-bond donors (Lipinski definition) is 0. The fourth-order valence-electron chi connectivity index (χ4n) is 3.13. The quantitative estimate of drug-likeness (QED) is 0.821. The summed E-state index contributed by atoms with van der Waals surface area (Å²) in [6.07, 6.45) is 0. The Morgan fingerprint density at radius 1 is 1.19 bits per heavy atom. The highest BCUT2D eigenvalue weighted by molar-refractivity contribution is 7.89. The van der Waals surface area contributed by atoms with Crippen LogP contribution < -0.4 is 4.74 Å². The summed E-state index contributed by atoms with van der Waals surface area (Å²) >= 11 is 0. The molecular weight excluding hydrogens is 355 g/mol. The van der Waals surface area contributed by atoms with Crippen LogP contribution in [-0.4, -0.2) is 50.9 Å². The highest BCUT2D eigenvalue weighted by Gasteiger charge is 2.35. The number of halogens is 1. The van der Waals surface area contributed by atoms with Crippen LogP contribution in [0.3, 0.4) is 0 Å². The Kier molecular flexibility index (Phi) is 5.32. The Labute approximate surface area is 154 Å². The van der Waals surface area contributed by atoms with E-state index in [1.54, 1.807) is 0 Å². The van der Waals surface area contributed by atoms with Gasteiger partial charge in [0.2, 0.25) is 10.0 Å². The normalized spacial score (nSPS) is 18.3. The van der Waals surface area contributed by atoms with E-state index in [1.807, 2.05) is 44.1 Å². The molecule has 0 fully saturated rings. The summed E-state index contributed by atoms with van der Waals surface area (Å²) in [5, 5.41) is 0. The molecule has 0 saturated carbocycles. The minimum Gasteiger partial charge on any atom is -0.492 e. The molecule has 0 aliphatic carbocycles. The molecular formula is C19H23FN2O3S. The van der Waals surface area contributed by atoms with Crippen molar-refractivity contribution >= 4 is 10.0 Å². The Balaban J connectivity index is 2.04. The van der Waals surface area contributed by atoms with Crippen LogP contribution in [0.4, 0.5) is 4.39 Å². The number of hydrogen-bond acceptors (Lipinski definition) is 4. The first kappa shape index (κ1) is 18.8. The molecule has 0 saturated heterocycles. The van der Waals surface area contributed by atoms with Crippen molar-refractivity contribution < 1.29 is 17.5 Å². The number of nitrogens with zero attached hydrogens (tertiary/aromatic N) is 2. The van der Waals surface area contributed by atoms with Gasteiger partial charge in [0.15, 0.2) is 0 Å². The molecule has 0 N–H and O–H groups in total. The number of rotatable bonds is 4. The Morgan fingerprint density at radius 2 is 1.88 bits per heavy atom. The van der Waals surface area contributed by atoms with E-state index in [0.717, 1.165) is 11.1 Å². The maximum atomic E-state index is 13.3. The van der Waals surface area contributed by atoms with Gasteiger partial charge >= 0.3 is 0 Å². The Morgan fingerprint density at radius 3 is 2.54 bits per heavy atom. The molecule has 140 valence electrons. The van der Waals surface area contributed by atoms with Gasteiger partial charge in [-0.25, -0.2) is 12.8 Å². The fraction of sp³-hybridized carbons (Fsp3) is 0.368. The second-order valence-corrected chi connectivity index (χ2v) is 8.73. The van der Waals surface area contributed by atoms with E-state index < -0.39 is 15.8 Å². The summed E-state index contributed by atoms with van der Waals surface area (Å²) < 4.78 is 47.1. The van der Waals surface area contributed by atoms with Crippen LogP contribution in [0.2, 0.25) is 0 Å². The second kappa shape index (κ2) is 7.34. The van der Waals surface area contributed by atoms with E-state index in [-0.39, 0.29) is 24.1 Å². The largest absolute Gasteiger partial charge is 0.492 e. The standard InChI is InChI=1S/C19H23FN2O3S/c1-14-4-9-19-15(10-14)11-22(17(13-25-19)12-21(2)3)26(23,24)18-7-5-16(20)6-8-18/h4-10,17H,11-13H2,1-3H3/t17-/m0/s1. The molecule has 0 spiro atoms. The average molecular weight is 378 g/mol. The van der Waals surface area contributed by atoms with Gasteiger partial charge in [-0.3, -0.25) is 0 Å². The van der Waals surface area contributed by atoms with Gasteiger partial charge in [0.05, 0.1) is 10.9 Å². The lowest BCUT2D eigenvalue weighted by Crippen LogP contribution is -2.47. The van der Waals surface area contributed by atoms with Gasteiger partial charge < -0.3 is 9.64 Å². The monoisotopic (exact) mass is 378 g/mol. The molecule has 3 rings (SSSR count). The predicted molar refractivity (Wildman–Crippen MR) is 98.1 cm³/mol. The molecule has 1 atom stereocenters. The summed E-state index contributed by atoms with van der Waals surface area (Å²) in [7, 11) is -0.00503. The molecule has 1 heterocycles. The number of ether oxygens (including phenoxy) is 1. The van der Waals surface area contributed by atoms with Crippen LogP contribution in [-0.2, 0) is 16.6 Å². The van der Waals surface area contributed by atoms with Gasteiger partial charge in [-0.05, 0) is 51.4 Å². The van der Waals surface area contributed by atoms with Crippen LogP contribution in [0.15, 0.2) is 47.4 Å². The molecule has 0 amide bonds. The molecule has 0 radical (unpaired) electrons. The van der Waals surface area contributed by atoms with Crippen molar-refractivity contribution in [3.05, 3.63) is 59.4 Å². The summed E-state index contributed by atoms with van der Waals surface area (Å²) in [6.45, 7) is 2.96. The third-order valence-electron chi connectivity index (χ3n) is 4.38. The van der Waals surface area contributed by atoms with Crippen molar-refractivity contribution in [2.75, 3.05) is 27.2 Å². The minimum absolute atomic E-state index is 0.0822. The first-order valence-corrected chi connectivity index (χ1v) is 9.86. The molecule has 0 bridgehead atoms. The number of fused-ring (bicyclic) bond motifs is 1. The van der Waals surface area contributed by atoms with Crippen LogP contribution in [0.25, 0.3) is 0 Å². The second-order valence-electron chi connectivity index (χ2n) is 6.84. The molecule has 1 aliphatic heterocycles. The van der Waals surface area contributed by atoms with Gasteiger partial charge in [-0.1, -0.05) is 17.7 Å². The van der Waals surface area contributed by atoms with Gasteiger partial charge in [0, 0.05) is 18.7 Å². The van der Waals surface area contributed by atoms with E-state index in [1.165, 1.54) is 28.6 Å². The number of likely N-dealkylation sites (N-methyl/N-ethyl adjacent to an activating group) is 1. The Hall–Kier alpha value is -1.96. The van der Waals surface area contributed by atoms with Crippen LogP contribution in [0, 0.1) is 12.7 Å². The average Bonchev–Trinajstić information content (AvgIpc) is 2.74. The zero-order chi connectivity index (χ0) is 18.9. The zero-order valence-electron chi connectivity index (χ0n) is 15.1. The van der Waals surface area contributed by atoms with Crippen molar-refractivity contribution in [2.45, 2.75) is 24.4 Å². The molecule has 2 aromatic carbocycles. The molecule has 2 aromatic rings. The summed E-state index contributed by atoms with van der Waals surface area (Å²) in [4.78, 5) is 2.02. The lowest BCUT2D eigenvalue weighted by Gasteiger charge is -2.30. The van der Waals surface area contributed by atoms with E-state index in [9.17, 15) is 12.8 Å². The highest BCUT2D eigenvalue weighted by atomic mass is 32.2. The van der Waals surface area contributed by atoms with Gasteiger partial charge in [-0.2, -0.15) is 4.31 Å². The number of benzene rings is 2. The first-order valence-electron chi connectivity index (χ1n) is 8.42. The van der Waals surface area contributed by atoms with E-state index >= 15 is 0 Å². The van der Waals surface area contributed by atoms with Crippen LogP contribution in [0.1, 0.15) is 11.1 Å². The van der Waals surface area contributed by atoms with Crippen molar-refractivity contribution in [3.63, 3.8) is 0 Å². The van der Waals surface area contributed by atoms with Gasteiger partial charge in [-0.15, -0.1) is 0 Å². The number of sulfonamides is 1. The van der Waals surface area contributed by atoms with E-state index in [0.29, 0.717) is 12.3 Å². The van der Waals surface area contributed by atoms with Crippen LogP contribution in [0.5, 0.6) is 5.75 Å². The SMILES string of the molecule is Cc1ccc2c(c1)CN(S(=O)(=O)c1ccc(F)cc1)[C@@H](CN(C)C)CO2. The first-order chi connectivity index (χ1) is 12.3. The van der Waals surface area contributed by atoms with Gasteiger partial charge in [0.1, 0.15) is 18.2 Å². The summed E-state index contributed by atoms with van der Waals surface area (Å²) in [6, 6.07) is 10.4. The maximum absolute atomic E-state index is 13.3. The zero-order valence-corrected chi connectivity index (χ0v) is 16.0. The molecule has 7 heteroatoms. The van der Waals surface area contributed by atoms with Crippen molar-refractivity contribution in [3.8, 4) is 5.75 Å². The third-order valence-corrected chi connectivity index (χ3v) is 6.29. The number of aryl methyl sites for hydroxylation is 1. The maximum Gasteiger partial charge on any atom is 0.243 e. The smallest absolute Gasteiger partial charge is 0.243 e. The minimum atomic E-state index is -3.79. The predicted octanol–water partition coefficient (Wildman–Crippen LogP) is 2.65. The topological polar surface area (TPSA) is 49.9 Å². The van der Waals surface area contributed by atoms with E-state index in [2.05, 4.69) is 0 Å². The molecule has 26 heavy (non-hydrogen) atoms. The molecule has 0 unspecified atom stereocenters. The van der Waals surface area contributed by atoms with Gasteiger partial charge in [0.25, 0.3) is 0 Å². The van der Waals surface area contributed by atoms with Crippen molar-refractivity contribution in [1.29, 1.82) is 0 Å². The van der Waals surface area contributed by atoms with Crippen molar-refractivity contribution in [1.82, 2.24) is 9.21 Å². The molecule has 1 aliphatic rings. The summed E-state index contributed by atoms with van der Waals surface area (Å²) in [5.74, 6) is 0.241. The summed E-state index contributed by atoms with van der Waals surface area (Å²) in [5.41, 5.74) is 1.87. The molecule has 5 nitrogen and oxygen atoms in total. The third kappa shape index (κ3) is 3.90. The highest BCUT2D eigenvalue weighted by Crippen LogP contribution is 2.30. The van der Waals surface area contributed by atoms with Crippen LogP contribution >= 0.6 is 0 Å². The lowest BCUT2D eigenvalue weighted by molar-refractivity contribution is 0.184. The Bertz CT molecular complexity index is 882. The fourth-order valence-corrected chi connectivity index (χ4v) is 4.71. The lowest BCUT2D eigenvalue weighted by atomic mass is 10.1.